The summed E-state index contributed by atoms with van der Waals surface area (Å²) in [6, 6.07) is 3.48. The largest absolute Gasteiger partial charge is 0.388 e. The lowest BCUT2D eigenvalue weighted by molar-refractivity contribution is 0.125. The van der Waals surface area contributed by atoms with Crippen molar-refractivity contribution in [1.29, 1.82) is 0 Å². The van der Waals surface area contributed by atoms with Gasteiger partial charge in [-0.2, -0.15) is 0 Å². The molecule has 1 fully saturated rings. The summed E-state index contributed by atoms with van der Waals surface area (Å²) in [4.78, 5) is 3.88. The van der Waals surface area contributed by atoms with E-state index in [1.807, 2.05) is 0 Å². The highest BCUT2D eigenvalue weighted by Gasteiger charge is 2.25. The molecule has 2 heterocycles. The lowest BCUT2D eigenvalue weighted by Crippen LogP contribution is -2.31. The van der Waals surface area contributed by atoms with E-state index in [-0.39, 0.29) is 6.04 Å². The highest BCUT2D eigenvalue weighted by atomic mass is 16.5. The number of pyridine rings is 1. The Kier molecular flexibility index (Phi) is 2.51. The zero-order valence-electron chi connectivity index (χ0n) is 7.68. The van der Waals surface area contributed by atoms with E-state index in [1.165, 1.54) is 0 Å². The van der Waals surface area contributed by atoms with Gasteiger partial charge < -0.3 is 20.9 Å². The van der Waals surface area contributed by atoms with E-state index < -0.39 is 6.10 Å². The van der Waals surface area contributed by atoms with Crippen LogP contribution in [0.25, 0.3) is 0 Å². The van der Waals surface area contributed by atoms with Gasteiger partial charge in [0.2, 0.25) is 0 Å². The Hall–Kier alpha value is -1.33. The second-order valence-corrected chi connectivity index (χ2v) is 3.33. The van der Waals surface area contributed by atoms with Gasteiger partial charge in [-0.1, -0.05) is 0 Å². The zero-order valence-corrected chi connectivity index (χ0v) is 7.68. The molecule has 0 bridgehead atoms. The van der Waals surface area contributed by atoms with Crippen molar-refractivity contribution in [2.24, 2.45) is 0 Å². The van der Waals surface area contributed by atoms with Gasteiger partial charge in [-0.15, -0.1) is 0 Å². The van der Waals surface area contributed by atoms with Gasteiger partial charge in [0.05, 0.1) is 25.4 Å². The average Bonchev–Trinajstić information content (AvgIpc) is 2.52. The normalized spacial score (nSPS) is 26.4. The summed E-state index contributed by atoms with van der Waals surface area (Å²) < 4.78 is 5.11. The maximum Gasteiger partial charge on any atom is 0.125 e. The fourth-order valence-corrected chi connectivity index (χ4v) is 1.43. The van der Waals surface area contributed by atoms with Crippen molar-refractivity contribution in [3.05, 3.63) is 18.3 Å². The molecule has 1 aliphatic rings. The first-order valence-electron chi connectivity index (χ1n) is 4.49. The van der Waals surface area contributed by atoms with Crippen molar-refractivity contribution in [3.8, 4) is 0 Å². The van der Waals surface area contributed by atoms with Gasteiger partial charge in [0.15, 0.2) is 0 Å². The van der Waals surface area contributed by atoms with Gasteiger partial charge in [-0.25, -0.2) is 4.98 Å². The third-order valence-electron chi connectivity index (χ3n) is 2.18. The Morgan fingerprint density at radius 2 is 2.43 bits per heavy atom. The molecule has 5 nitrogen and oxygen atoms in total. The molecule has 0 amide bonds. The van der Waals surface area contributed by atoms with E-state index in [1.54, 1.807) is 18.3 Å². The van der Waals surface area contributed by atoms with Crippen LogP contribution in [0.2, 0.25) is 0 Å². The average molecular weight is 195 g/mol. The third-order valence-corrected chi connectivity index (χ3v) is 2.18. The van der Waals surface area contributed by atoms with Gasteiger partial charge >= 0.3 is 0 Å². The Balaban J connectivity index is 2.03. The Morgan fingerprint density at radius 1 is 1.57 bits per heavy atom. The predicted molar refractivity (Wildman–Crippen MR) is 52.9 cm³/mol. The minimum atomic E-state index is -0.454. The van der Waals surface area contributed by atoms with Crippen LogP contribution in [0.3, 0.4) is 0 Å². The second kappa shape index (κ2) is 3.81. The minimum absolute atomic E-state index is 0.0585. The highest BCUT2D eigenvalue weighted by molar-refractivity contribution is 5.50. The molecule has 1 saturated heterocycles. The van der Waals surface area contributed by atoms with Gasteiger partial charge in [-0.05, 0) is 6.07 Å². The van der Waals surface area contributed by atoms with Crippen molar-refractivity contribution in [3.63, 3.8) is 0 Å². The number of anilines is 2. The van der Waals surface area contributed by atoms with Crippen LogP contribution in [0.4, 0.5) is 11.5 Å². The number of aliphatic hydroxyl groups is 1. The van der Waals surface area contributed by atoms with Crippen LogP contribution in [0.5, 0.6) is 0 Å². The van der Waals surface area contributed by atoms with Crippen molar-refractivity contribution in [2.75, 3.05) is 24.3 Å². The summed E-state index contributed by atoms with van der Waals surface area (Å²) in [5.41, 5.74) is 6.38. The van der Waals surface area contributed by atoms with Gasteiger partial charge in [0.1, 0.15) is 5.82 Å². The number of hydrogen-bond acceptors (Lipinski definition) is 5. The molecule has 14 heavy (non-hydrogen) atoms. The predicted octanol–water partition coefficient (Wildman–Crippen LogP) is -0.165. The van der Waals surface area contributed by atoms with E-state index in [9.17, 15) is 5.11 Å². The molecule has 5 heteroatoms. The zero-order chi connectivity index (χ0) is 9.97. The molecule has 0 aromatic carbocycles. The topological polar surface area (TPSA) is 80.4 Å². The number of aliphatic hydroxyl groups excluding tert-OH is 1. The summed E-state index contributed by atoms with van der Waals surface area (Å²) in [5.74, 6) is 0.461. The first kappa shape index (κ1) is 9.23. The number of ether oxygens (including phenoxy) is 1. The maximum atomic E-state index is 9.49. The molecule has 2 rings (SSSR count). The van der Waals surface area contributed by atoms with Crippen LogP contribution in [-0.4, -0.2) is 35.5 Å². The van der Waals surface area contributed by atoms with Crippen LogP contribution in [-0.2, 0) is 4.74 Å². The number of nitrogen functional groups attached to an aromatic ring is 1. The Bertz CT molecular complexity index is 319. The number of nitrogens with one attached hydrogen (secondary N) is 1. The number of nitrogens with two attached hydrogens (primary N) is 1. The lowest BCUT2D eigenvalue weighted by Gasteiger charge is -2.15. The summed E-state index contributed by atoms with van der Waals surface area (Å²) in [6.45, 7) is 0.904. The SMILES string of the molecule is Nc1cc(NC2COCC2O)ccn1. The molecule has 4 N–H and O–H groups in total. The number of aromatic nitrogens is 1. The summed E-state index contributed by atoms with van der Waals surface area (Å²) in [6.07, 6.45) is 1.17. The molecule has 2 atom stereocenters. The van der Waals surface area contributed by atoms with Crippen LogP contribution in [0.1, 0.15) is 0 Å². The molecule has 0 aliphatic carbocycles. The summed E-state index contributed by atoms with van der Waals surface area (Å²) in [5, 5.41) is 12.6. The van der Waals surface area contributed by atoms with E-state index in [2.05, 4.69) is 10.3 Å². The smallest absolute Gasteiger partial charge is 0.125 e. The van der Waals surface area contributed by atoms with E-state index >= 15 is 0 Å². The van der Waals surface area contributed by atoms with Gasteiger partial charge in [-0.3, -0.25) is 0 Å². The van der Waals surface area contributed by atoms with Gasteiger partial charge in [0, 0.05) is 18.0 Å². The van der Waals surface area contributed by atoms with Crippen LogP contribution in [0.15, 0.2) is 18.3 Å². The summed E-state index contributed by atoms with van der Waals surface area (Å²) in [7, 11) is 0. The molecule has 2 unspecified atom stereocenters. The fourth-order valence-electron chi connectivity index (χ4n) is 1.43. The lowest BCUT2D eigenvalue weighted by atomic mass is 10.2. The number of nitrogens with zero attached hydrogens (tertiary/aromatic N) is 1. The van der Waals surface area contributed by atoms with Crippen molar-refractivity contribution < 1.29 is 9.84 Å². The molecule has 0 radical (unpaired) electrons. The van der Waals surface area contributed by atoms with Gasteiger partial charge in [0.25, 0.3) is 0 Å². The first-order chi connectivity index (χ1) is 6.75. The third kappa shape index (κ3) is 1.94. The van der Waals surface area contributed by atoms with E-state index in [0.717, 1.165) is 5.69 Å². The molecule has 0 saturated carbocycles. The fraction of sp³-hybridized carbons (Fsp3) is 0.444. The van der Waals surface area contributed by atoms with Crippen LogP contribution in [0, 0.1) is 0 Å². The molecule has 76 valence electrons. The first-order valence-corrected chi connectivity index (χ1v) is 4.49. The quantitative estimate of drug-likeness (QED) is 0.610. The van der Waals surface area contributed by atoms with Crippen LogP contribution < -0.4 is 11.1 Å². The number of hydrogen-bond donors (Lipinski definition) is 3. The molecule has 1 aromatic rings. The standard InChI is InChI=1S/C9H13N3O2/c10-9-3-6(1-2-11-9)12-7-4-14-5-8(7)13/h1-3,7-8,13H,4-5H2,(H3,10,11,12). The van der Waals surface area contributed by atoms with Crippen molar-refractivity contribution in [1.82, 2.24) is 4.98 Å². The van der Waals surface area contributed by atoms with Crippen molar-refractivity contribution in [2.45, 2.75) is 12.1 Å². The van der Waals surface area contributed by atoms with Crippen LogP contribution >= 0.6 is 0 Å². The minimum Gasteiger partial charge on any atom is -0.388 e. The Morgan fingerprint density at radius 3 is 3.07 bits per heavy atom. The number of rotatable bonds is 2. The molecule has 1 aromatic heterocycles. The Labute approximate surface area is 81.9 Å². The molecular weight excluding hydrogens is 182 g/mol. The maximum absolute atomic E-state index is 9.49. The molecule has 0 spiro atoms. The van der Waals surface area contributed by atoms with Crippen molar-refractivity contribution >= 4 is 11.5 Å². The van der Waals surface area contributed by atoms with E-state index in [4.69, 9.17) is 10.5 Å². The molecular formula is C9H13N3O2. The second-order valence-electron chi connectivity index (χ2n) is 3.33. The monoisotopic (exact) mass is 195 g/mol. The van der Waals surface area contributed by atoms with E-state index in [0.29, 0.717) is 19.0 Å². The summed E-state index contributed by atoms with van der Waals surface area (Å²) >= 11 is 0. The highest BCUT2D eigenvalue weighted by Crippen LogP contribution is 2.15. The molecule has 1 aliphatic heterocycles.